The molecule has 0 amide bonds. The van der Waals surface area contributed by atoms with E-state index in [1.54, 1.807) is 0 Å². The lowest BCUT2D eigenvalue weighted by molar-refractivity contribution is 0.00819. The molecule has 180 valence electrons. The normalized spacial score (nSPS) is 10.8. The van der Waals surface area contributed by atoms with Crippen LogP contribution in [-0.4, -0.2) is 6.68 Å². The Kier molecular flexibility index (Phi) is 9.31. The summed E-state index contributed by atoms with van der Waals surface area (Å²) in [6, 6.07) is 52.6. The fourth-order valence-electron chi connectivity index (χ4n) is 3.75. The molecular formula is C31H25F3S2+2. The molecule has 0 spiro atoms. The molecule has 0 radical (unpaired) electrons. The van der Waals surface area contributed by atoms with Gasteiger partial charge in [-0.2, -0.15) is 13.2 Å². The zero-order chi connectivity index (χ0) is 25.2. The quantitative estimate of drug-likeness (QED) is 0.197. The molecule has 5 rings (SSSR count). The third-order valence-electron chi connectivity index (χ3n) is 5.21. The van der Waals surface area contributed by atoms with E-state index in [0.717, 1.165) is 0 Å². The number of benzene rings is 5. The van der Waals surface area contributed by atoms with Gasteiger partial charge in [-0.15, -0.1) is 0 Å². The van der Waals surface area contributed by atoms with Gasteiger partial charge in [0.05, 0.1) is 21.8 Å². The van der Waals surface area contributed by atoms with Crippen molar-refractivity contribution in [2.24, 2.45) is 0 Å². The molecule has 0 aliphatic rings. The number of alkyl halides is 3. The summed E-state index contributed by atoms with van der Waals surface area (Å²) < 4.78 is 29.0. The van der Waals surface area contributed by atoms with E-state index < -0.39 is 6.68 Å². The van der Waals surface area contributed by atoms with Crippen molar-refractivity contribution in [3.8, 4) is 0 Å². The zero-order valence-corrected chi connectivity index (χ0v) is 21.0. The Balaban J connectivity index is 0.000000709. The van der Waals surface area contributed by atoms with Gasteiger partial charge in [0.25, 0.3) is 0 Å². The number of hydrogen-bond acceptors (Lipinski definition) is 0. The topological polar surface area (TPSA) is 0 Å². The third kappa shape index (κ3) is 6.84. The highest BCUT2D eigenvalue weighted by Crippen LogP contribution is 2.35. The van der Waals surface area contributed by atoms with Gasteiger partial charge >= 0.3 is 6.68 Å². The largest absolute Gasteiger partial charge is 0.379 e. The maximum absolute atomic E-state index is 9.67. The van der Waals surface area contributed by atoms with E-state index in [-0.39, 0.29) is 21.8 Å². The van der Waals surface area contributed by atoms with Crippen molar-refractivity contribution in [2.75, 3.05) is 0 Å². The fraction of sp³-hybridized carbons (Fsp3) is 0.0323. The van der Waals surface area contributed by atoms with Crippen molar-refractivity contribution in [2.45, 2.75) is 36.1 Å². The molecule has 0 nitrogen and oxygen atoms in total. The molecule has 0 N–H and O–H groups in total. The Hall–Kier alpha value is -3.41. The minimum Gasteiger partial charge on any atom is -0.174 e. The van der Waals surface area contributed by atoms with E-state index in [2.05, 4.69) is 146 Å². The van der Waals surface area contributed by atoms with Crippen LogP contribution in [0.1, 0.15) is 0 Å². The molecule has 5 aromatic rings. The minimum absolute atomic E-state index is 0.122. The van der Waals surface area contributed by atoms with E-state index in [0.29, 0.717) is 0 Å². The van der Waals surface area contributed by atoms with E-state index >= 15 is 0 Å². The summed E-state index contributed by atoms with van der Waals surface area (Å²) in [5.74, 6) is 0. The van der Waals surface area contributed by atoms with Crippen molar-refractivity contribution in [1.29, 1.82) is 0 Å². The Morgan fingerprint density at radius 3 is 0.667 bits per heavy atom. The van der Waals surface area contributed by atoms with Gasteiger partial charge in [0.2, 0.25) is 0 Å². The predicted octanol–water partition coefficient (Wildman–Crippen LogP) is 9.06. The lowest BCUT2D eigenvalue weighted by atomic mass is 10.3. The second-order valence-corrected chi connectivity index (χ2v) is 11.6. The Bertz CT molecular complexity index is 1110. The standard InChI is InChI=1S/C30H24S2.CHF3/c1-5-13-25(14-6-1)31(26-15-7-2-8-16-26)29-21-23-30(24-22-29)32(27-17-9-3-10-18-27)28-19-11-4-12-20-28;2-1(3)4/h1-24H;1H/q+2;. The molecule has 0 aromatic heterocycles. The Morgan fingerprint density at radius 1 is 0.306 bits per heavy atom. The molecule has 0 heterocycles. The first kappa shape index (κ1) is 25.7. The number of hydrogen-bond donors (Lipinski definition) is 0. The summed E-state index contributed by atoms with van der Waals surface area (Å²) in [5, 5.41) is 0. The summed E-state index contributed by atoms with van der Waals surface area (Å²) >= 11 is 0. The molecule has 0 aliphatic heterocycles. The Morgan fingerprint density at radius 2 is 0.472 bits per heavy atom. The summed E-state index contributed by atoms with van der Waals surface area (Å²) in [7, 11) is -0.244. The van der Waals surface area contributed by atoms with Gasteiger partial charge < -0.3 is 0 Å². The molecule has 36 heavy (non-hydrogen) atoms. The van der Waals surface area contributed by atoms with Crippen molar-refractivity contribution in [1.82, 2.24) is 0 Å². The van der Waals surface area contributed by atoms with Gasteiger partial charge in [-0.3, -0.25) is 0 Å². The van der Waals surface area contributed by atoms with Gasteiger partial charge in [0.1, 0.15) is 0 Å². The molecule has 0 fully saturated rings. The highest BCUT2D eigenvalue weighted by Gasteiger charge is 2.32. The van der Waals surface area contributed by atoms with Crippen LogP contribution in [0.4, 0.5) is 13.2 Å². The fourth-order valence-corrected chi connectivity index (χ4v) is 7.92. The van der Waals surface area contributed by atoms with Gasteiger partial charge in [-0.25, -0.2) is 0 Å². The second-order valence-electron chi connectivity index (χ2n) is 7.58. The first-order valence-corrected chi connectivity index (χ1v) is 13.8. The first-order chi connectivity index (χ1) is 17.6. The van der Waals surface area contributed by atoms with Gasteiger partial charge in [0.15, 0.2) is 29.4 Å². The van der Waals surface area contributed by atoms with Crippen molar-refractivity contribution < 1.29 is 13.2 Å². The van der Waals surface area contributed by atoms with Crippen molar-refractivity contribution in [3.05, 3.63) is 146 Å². The maximum Gasteiger partial charge on any atom is 0.379 e. The summed E-state index contributed by atoms with van der Waals surface area (Å²) in [4.78, 5) is 8.06. The molecule has 0 saturated heterocycles. The maximum atomic E-state index is 9.67. The van der Waals surface area contributed by atoms with Crippen LogP contribution in [0.2, 0.25) is 0 Å². The number of rotatable bonds is 6. The van der Waals surface area contributed by atoms with Crippen LogP contribution in [0.25, 0.3) is 0 Å². The van der Waals surface area contributed by atoms with E-state index in [1.807, 2.05) is 0 Å². The van der Waals surface area contributed by atoms with Crippen molar-refractivity contribution in [3.63, 3.8) is 0 Å². The molecule has 0 unspecified atom stereocenters. The summed E-state index contributed by atoms with van der Waals surface area (Å²) in [6.07, 6.45) is 0. The lowest BCUT2D eigenvalue weighted by Gasteiger charge is -2.10. The Labute approximate surface area is 216 Å². The molecule has 0 aliphatic carbocycles. The molecule has 0 saturated carbocycles. The molecule has 5 heteroatoms. The van der Waals surface area contributed by atoms with Gasteiger partial charge in [-0.05, 0) is 72.8 Å². The first-order valence-electron chi connectivity index (χ1n) is 11.3. The summed E-state index contributed by atoms with van der Waals surface area (Å²) in [5.41, 5.74) is 0. The van der Waals surface area contributed by atoms with Crippen molar-refractivity contribution >= 4 is 21.8 Å². The lowest BCUT2D eigenvalue weighted by Crippen LogP contribution is -2.07. The molecular weight excluding hydrogens is 493 g/mol. The van der Waals surface area contributed by atoms with Gasteiger partial charge in [-0.1, -0.05) is 72.8 Å². The highest BCUT2D eigenvalue weighted by atomic mass is 32.2. The van der Waals surface area contributed by atoms with Crippen LogP contribution in [-0.2, 0) is 21.8 Å². The monoisotopic (exact) mass is 518 g/mol. The molecule has 0 bridgehead atoms. The smallest absolute Gasteiger partial charge is 0.174 e. The van der Waals surface area contributed by atoms with Crippen LogP contribution in [0, 0.1) is 0 Å². The predicted molar refractivity (Wildman–Crippen MR) is 144 cm³/mol. The molecule has 5 aromatic carbocycles. The van der Waals surface area contributed by atoms with Crippen LogP contribution < -0.4 is 0 Å². The van der Waals surface area contributed by atoms with E-state index in [1.165, 1.54) is 29.4 Å². The van der Waals surface area contributed by atoms with Crippen LogP contribution >= 0.6 is 0 Å². The van der Waals surface area contributed by atoms with E-state index in [4.69, 9.17) is 0 Å². The van der Waals surface area contributed by atoms with E-state index in [9.17, 15) is 13.2 Å². The minimum atomic E-state index is -3.67. The van der Waals surface area contributed by atoms with Gasteiger partial charge in [0, 0.05) is 0 Å². The molecule has 0 atom stereocenters. The summed E-state index contributed by atoms with van der Waals surface area (Å²) in [6.45, 7) is -3.67. The zero-order valence-electron chi connectivity index (χ0n) is 19.4. The average molecular weight is 519 g/mol. The van der Waals surface area contributed by atoms with Crippen LogP contribution in [0.3, 0.4) is 0 Å². The van der Waals surface area contributed by atoms with Crippen LogP contribution in [0.15, 0.2) is 175 Å². The SMILES string of the molecule is FC(F)F.c1ccc([S+](c2ccccc2)c2ccc([S+](c3ccccc3)c3ccccc3)cc2)cc1. The average Bonchev–Trinajstić information content (AvgIpc) is 2.92. The number of halogens is 3. The highest BCUT2D eigenvalue weighted by molar-refractivity contribution is 7.97. The second kappa shape index (κ2) is 13.1. The third-order valence-corrected chi connectivity index (χ3v) is 9.67. The van der Waals surface area contributed by atoms with Crippen LogP contribution in [0.5, 0.6) is 0 Å².